The van der Waals surface area contributed by atoms with Crippen molar-refractivity contribution < 1.29 is 9.59 Å². The first-order valence-electron chi connectivity index (χ1n) is 7.13. The molecule has 0 rings (SSSR count). The van der Waals surface area contributed by atoms with E-state index >= 15 is 0 Å². The Labute approximate surface area is 121 Å². The summed E-state index contributed by atoms with van der Waals surface area (Å²) < 4.78 is 0. The van der Waals surface area contributed by atoms with Crippen molar-refractivity contribution in [3.63, 3.8) is 0 Å². The Balaban J connectivity index is 3.71. The summed E-state index contributed by atoms with van der Waals surface area (Å²) in [5, 5.41) is 7.87. The van der Waals surface area contributed by atoms with Crippen LogP contribution in [0.15, 0.2) is 10.2 Å². The van der Waals surface area contributed by atoms with E-state index in [2.05, 4.69) is 21.1 Å². The van der Waals surface area contributed by atoms with Crippen LogP contribution in [0.25, 0.3) is 0 Å². The molecule has 6 nitrogen and oxygen atoms in total. The van der Waals surface area contributed by atoms with E-state index < -0.39 is 0 Å². The lowest BCUT2D eigenvalue weighted by molar-refractivity contribution is -0.123. The van der Waals surface area contributed by atoms with Gasteiger partial charge >= 0.3 is 0 Å². The minimum Gasteiger partial charge on any atom is -0.273 e. The molecule has 0 radical (unpaired) electrons. The second-order valence-electron chi connectivity index (χ2n) is 4.68. The standard InChI is InChI=1S/C14H26N4O2/c1-5-11(3)15-17-13(19)9-7-8-10-14(20)18-16-12(4)6-2/h5-10H2,1-4H3,(H,17,19)(H,18,20)/b15-11-,16-12-. The molecule has 0 atom stereocenters. The first-order chi connectivity index (χ1) is 9.49. The smallest absolute Gasteiger partial charge is 0.240 e. The first-order valence-corrected chi connectivity index (χ1v) is 7.13. The van der Waals surface area contributed by atoms with Crippen LogP contribution in [-0.2, 0) is 9.59 Å². The number of unbranched alkanes of at least 4 members (excludes halogenated alkanes) is 1. The lowest BCUT2D eigenvalue weighted by atomic mass is 10.2. The Morgan fingerprint density at radius 1 is 0.800 bits per heavy atom. The van der Waals surface area contributed by atoms with Crippen LogP contribution in [0.3, 0.4) is 0 Å². The van der Waals surface area contributed by atoms with E-state index in [1.165, 1.54) is 0 Å². The molecular weight excluding hydrogens is 256 g/mol. The summed E-state index contributed by atoms with van der Waals surface area (Å²) in [6.45, 7) is 7.69. The zero-order chi connectivity index (χ0) is 15.4. The average molecular weight is 282 g/mol. The summed E-state index contributed by atoms with van der Waals surface area (Å²) in [7, 11) is 0. The Morgan fingerprint density at radius 3 is 1.45 bits per heavy atom. The van der Waals surface area contributed by atoms with Gasteiger partial charge in [0.1, 0.15) is 0 Å². The summed E-state index contributed by atoms with van der Waals surface area (Å²) in [5.41, 5.74) is 6.77. The third-order valence-electron chi connectivity index (χ3n) is 2.82. The van der Waals surface area contributed by atoms with Gasteiger partial charge in [0.2, 0.25) is 11.8 Å². The van der Waals surface area contributed by atoms with Crippen molar-refractivity contribution in [1.29, 1.82) is 0 Å². The minimum absolute atomic E-state index is 0.113. The normalized spacial score (nSPS) is 12.2. The fraction of sp³-hybridized carbons (Fsp3) is 0.714. The predicted octanol–water partition coefficient (Wildman–Crippen LogP) is 2.35. The van der Waals surface area contributed by atoms with Gasteiger partial charge in [-0.25, -0.2) is 10.9 Å². The molecule has 0 unspecified atom stereocenters. The van der Waals surface area contributed by atoms with Gasteiger partial charge in [-0.3, -0.25) is 9.59 Å². The molecule has 0 aliphatic carbocycles. The monoisotopic (exact) mass is 282 g/mol. The molecule has 0 aromatic carbocycles. The van der Waals surface area contributed by atoms with Crippen molar-refractivity contribution in [1.82, 2.24) is 10.9 Å². The number of hydrogen-bond donors (Lipinski definition) is 2. The maximum Gasteiger partial charge on any atom is 0.240 e. The molecule has 0 saturated heterocycles. The number of carbonyl (C=O) groups excluding carboxylic acids is 2. The fourth-order valence-electron chi connectivity index (χ4n) is 1.16. The first kappa shape index (κ1) is 18.3. The number of nitrogens with one attached hydrogen (secondary N) is 2. The zero-order valence-corrected chi connectivity index (χ0v) is 13.0. The summed E-state index contributed by atoms with van der Waals surface area (Å²) in [4.78, 5) is 22.8. The highest BCUT2D eigenvalue weighted by atomic mass is 16.2. The number of rotatable bonds is 9. The Hall–Kier alpha value is -1.72. The Kier molecular flexibility index (Phi) is 10.2. The molecule has 0 spiro atoms. The minimum atomic E-state index is -0.113. The second-order valence-corrected chi connectivity index (χ2v) is 4.68. The molecule has 0 aliphatic heterocycles. The van der Waals surface area contributed by atoms with E-state index in [1.807, 2.05) is 27.7 Å². The number of hydrogen-bond acceptors (Lipinski definition) is 4. The molecule has 114 valence electrons. The van der Waals surface area contributed by atoms with E-state index in [0.29, 0.717) is 25.7 Å². The van der Waals surface area contributed by atoms with Crippen molar-refractivity contribution in [2.45, 2.75) is 66.2 Å². The lowest BCUT2D eigenvalue weighted by Crippen LogP contribution is -2.20. The SMILES string of the molecule is CC/C(C)=N\NC(=O)CCCCC(=O)N/N=C(/C)CC. The van der Waals surface area contributed by atoms with Gasteiger partial charge in [-0.15, -0.1) is 0 Å². The largest absolute Gasteiger partial charge is 0.273 e. The van der Waals surface area contributed by atoms with Crippen molar-refractivity contribution in [2.75, 3.05) is 0 Å². The molecule has 0 fully saturated rings. The topological polar surface area (TPSA) is 82.9 Å². The van der Waals surface area contributed by atoms with Gasteiger partial charge in [0.15, 0.2) is 0 Å². The average Bonchev–Trinajstić information content (AvgIpc) is 2.46. The molecular formula is C14H26N4O2. The van der Waals surface area contributed by atoms with Crippen LogP contribution >= 0.6 is 0 Å². The third-order valence-corrected chi connectivity index (χ3v) is 2.82. The summed E-state index contributed by atoms with van der Waals surface area (Å²) in [6.07, 6.45) is 3.72. The maximum absolute atomic E-state index is 11.4. The van der Waals surface area contributed by atoms with Gasteiger partial charge in [0, 0.05) is 24.3 Å². The van der Waals surface area contributed by atoms with Crippen molar-refractivity contribution >= 4 is 23.2 Å². The fourth-order valence-corrected chi connectivity index (χ4v) is 1.16. The third kappa shape index (κ3) is 10.2. The predicted molar refractivity (Wildman–Crippen MR) is 81.6 cm³/mol. The highest BCUT2D eigenvalue weighted by Crippen LogP contribution is 2.00. The van der Waals surface area contributed by atoms with E-state index in [-0.39, 0.29) is 11.8 Å². The van der Waals surface area contributed by atoms with E-state index in [1.54, 1.807) is 0 Å². The zero-order valence-electron chi connectivity index (χ0n) is 13.0. The Bertz CT molecular complexity index is 339. The maximum atomic E-state index is 11.4. The van der Waals surface area contributed by atoms with Gasteiger partial charge in [0.05, 0.1) is 0 Å². The highest BCUT2D eigenvalue weighted by molar-refractivity contribution is 5.84. The molecule has 0 bridgehead atoms. The molecule has 0 saturated carbocycles. The van der Waals surface area contributed by atoms with Crippen LogP contribution in [-0.4, -0.2) is 23.2 Å². The van der Waals surface area contributed by atoms with Gasteiger partial charge in [-0.05, 0) is 39.5 Å². The summed E-state index contributed by atoms with van der Waals surface area (Å²) in [5.74, 6) is -0.226. The van der Waals surface area contributed by atoms with Crippen LogP contribution in [0.4, 0.5) is 0 Å². The summed E-state index contributed by atoms with van der Waals surface area (Å²) in [6, 6.07) is 0. The van der Waals surface area contributed by atoms with Crippen LogP contribution < -0.4 is 10.9 Å². The molecule has 20 heavy (non-hydrogen) atoms. The van der Waals surface area contributed by atoms with Gasteiger partial charge < -0.3 is 0 Å². The molecule has 6 heteroatoms. The van der Waals surface area contributed by atoms with Crippen molar-refractivity contribution in [3.05, 3.63) is 0 Å². The number of carbonyl (C=O) groups is 2. The van der Waals surface area contributed by atoms with Crippen molar-refractivity contribution in [2.24, 2.45) is 10.2 Å². The molecule has 0 heterocycles. The van der Waals surface area contributed by atoms with E-state index in [0.717, 1.165) is 24.3 Å². The molecule has 0 aromatic rings. The lowest BCUT2D eigenvalue weighted by Gasteiger charge is -2.02. The molecule has 2 N–H and O–H groups in total. The van der Waals surface area contributed by atoms with Crippen LogP contribution in [0.5, 0.6) is 0 Å². The van der Waals surface area contributed by atoms with E-state index in [9.17, 15) is 9.59 Å². The van der Waals surface area contributed by atoms with Gasteiger partial charge in [-0.1, -0.05) is 13.8 Å². The number of nitrogens with zero attached hydrogens (tertiary/aromatic N) is 2. The molecule has 2 amide bonds. The van der Waals surface area contributed by atoms with Gasteiger partial charge in [-0.2, -0.15) is 10.2 Å². The molecule has 0 aromatic heterocycles. The number of hydrazone groups is 2. The Morgan fingerprint density at radius 2 is 1.15 bits per heavy atom. The molecule has 0 aliphatic rings. The summed E-state index contributed by atoms with van der Waals surface area (Å²) >= 11 is 0. The highest BCUT2D eigenvalue weighted by Gasteiger charge is 2.03. The van der Waals surface area contributed by atoms with E-state index in [4.69, 9.17) is 0 Å². The van der Waals surface area contributed by atoms with Gasteiger partial charge in [0.25, 0.3) is 0 Å². The quantitative estimate of drug-likeness (QED) is 0.386. The van der Waals surface area contributed by atoms with Crippen LogP contribution in [0, 0.1) is 0 Å². The number of amides is 2. The van der Waals surface area contributed by atoms with Crippen LogP contribution in [0.1, 0.15) is 66.2 Å². The van der Waals surface area contributed by atoms with Crippen molar-refractivity contribution in [3.8, 4) is 0 Å². The van der Waals surface area contributed by atoms with Crippen LogP contribution in [0.2, 0.25) is 0 Å². The second kappa shape index (κ2) is 11.1.